The maximum Gasteiger partial charge on any atom is 0.164 e. The minimum Gasteiger partial charge on any atom is -0.356 e. The Morgan fingerprint density at radius 1 is 1.17 bits per heavy atom. The number of ether oxygens (including phenoxy) is 1. The van der Waals surface area contributed by atoms with E-state index in [1.165, 1.54) is 12.0 Å². The van der Waals surface area contributed by atoms with E-state index < -0.39 is 0 Å². The van der Waals surface area contributed by atoms with Crippen LogP contribution in [0.1, 0.15) is 36.9 Å². The molecule has 5 heteroatoms. The molecule has 1 atom stereocenters. The van der Waals surface area contributed by atoms with Crippen LogP contribution in [0.4, 0.5) is 0 Å². The van der Waals surface area contributed by atoms with Gasteiger partial charge in [0, 0.05) is 12.2 Å². The molecular formula is C18H20N4O. The lowest BCUT2D eigenvalue weighted by atomic mass is 10.1. The van der Waals surface area contributed by atoms with Crippen LogP contribution in [0.25, 0.3) is 22.3 Å². The van der Waals surface area contributed by atoms with E-state index >= 15 is 0 Å². The Hall–Kier alpha value is -2.27. The van der Waals surface area contributed by atoms with Crippen LogP contribution in [0.2, 0.25) is 0 Å². The summed E-state index contributed by atoms with van der Waals surface area (Å²) >= 11 is 0. The first kappa shape index (κ1) is 14.3. The van der Waals surface area contributed by atoms with Gasteiger partial charge in [-0.05, 0) is 39.2 Å². The summed E-state index contributed by atoms with van der Waals surface area (Å²) < 4.78 is 7.79. The average molecular weight is 308 g/mol. The maximum atomic E-state index is 5.88. The molecule has 0 spiro atoms. The standard InChI is InChI=1S/C18H20N4O/c1-12-6-5-7-14(10-12)17-15-11-19-22(16-8-3-4-9-23-16)18(15)21-13(2)20-17/h5-7,10-11,16H,3-4,8-9H2,1-2H3. The van der Waals surface area contributed by atoms with Gasteiger partial charge < -0.3 is 4.74 Å². The summed E-state index contributed by atoms with van der Waals surface area (Å²) in [6.45, 7) is 4.81. The van der Waals surface area contributed by atoms with Gasteiger partial charge in [0.05, 0.1) is 17.3 Å². The Kier molecular flexibility index (Phi) is 3.58. The molecule has 1 aliphatic rings. The molecule has 5 nitrogen and oxygen atoms in total. The molecule has 2 aromatic heterocycles. The van der Waals surface area contributed by atoms with Gasteiger partial charge in [0.15, 0.2) is 11.9 Å². The van der Waals surface area contributed by atoms with Gasteiger partial charge in [-0.1, -0.05) is 23.8 Å². The predicted octanol–water partition coefficient (Wildman–Crippen LogP) is 3.81. The van der Waals surface area contributed by atoms with E-state index in [0.29, 0.717) is 0 Å². The second-order valence-electron chi connectivity index (χ2n) is 6.14. The molecule has 0 bridgehead atoms. The first-order chi connectivity index (χ1) is 11.2. The van der Waals surface area contributed by atoms with Crippen LogP contribution in [-0.4, -0.2) is 26.4 Å². The Balaban J connectivity index is 1.88. The molecule has 1 fully saturated rings. The van der Waals surface area contributed by atoms with Gasteiger partial charge in [-0.3, -0.25) is 0 Å². The molecule has 4 rings (SSSR count). The third-order valence-electron chi connectivity index (χ3n) is 4.29. The van der Waals surface area contributed by atoms with Crippen molar-refractivity contribution in [3.05, 3.63) is 41.9 Å². The molecule has 118 valence electrons. The second kappa shape index (κ2) is 5.74. The van der Waals surface area contributed by atoms with Gasteiger partial charge in [-0.2, -0.15) is 5.10 Å². The fraction of sp³-hybridized carbons (Fsp3) is 0.389. The van der Waals surface area contributed by atoms with E-state index in [1.54, 1.807) is 0 Å². The van der Waals surface area contributed by atoms with E-state index in [9.17, 15) is 0 Å². The fourth-order valence-electron chi connectivity index (χ4n) is 3.17. The molecule has 0 amide bonds. The normalized spacial score (nSPS) is 18.4. The van der Waals surface area contributed by atoms with E-state index in [0.717, 1.165) is 47.6 Å². The van der Waals surface area contributed by atoms with Crippen LogP contribution in [0, 0.1) is 13.8 Å². The molecule has 0 N–H and O–H groups in total. The fourth-order valence-corrected chi connectivity index (χ4v) is 3.17. The molecule has 1 unspecified atom stereocenters. The van der Waals surface area contributed by atoms with Crippen LogP contribution < -0.4 is 0 Å². The minimum absolute atomic E-state index is 0.0130. The Morgan fingerprint density at radius 2 is 2.09 bits per heavy atom. The minimum atomic E-state index is -0.0130. The summed E-state index contributed by atoms with van der Waals surface area (Å²) in [6.07, 6.45) is 5.13. The van der Waals surface area contributed by atoms with Crippen molar-refractivity contribution in [2.45, 2.75) is 39.3 Å². The molecule has 3 heterocycles. The van der Waals surface area contributed by atoms with Crippen LogP contribution >= 0.6 is 0 Å². The van der Waals surface area contributed by atoms with Gasteiger partial charge in [-0.25, -0.2) is 14.6 Å². The van der Waals surface area contributed by atoms with Crippen LogP contribution in [-0.2, 0) is 4.74 Å². The second-order valence-corrected chi connectivity index (χ2v) is 6.14. The highest BCUT2D eigenvalue weighted by molar-refractivity contribution is 5.90. The highest BCUT2D eigenvalue weighted by Gasteiger charge is 2.21. The quantitative estimate of drug-likeness (QED) is 0.722. The zero-order valence-electron chi connectivity index (χ0n) is 13.5. The monoisotopic (exact) mass is 308 g/mol. The topological polar surface area (TPSA) is 52.8 Å². The Bertz CT molecular complexity index is 849. The molecular weight excluding hydrogens is 288 g/mol. The van der Waals surface area contributed by atoms with Crippen molar-refractivity contribution < 1.29 is 4.74 Å². The first-order valence-electron chi connectivity index (χ1n) is 8.13. The molecule has 0 aliphatic carbocycles. The lowest BCUT2D eigenvalue weighted by molar-refractivity contribution is -0.0370. The number of aryl methyl sites for hydroxylation is 2. The maximum absolute atomic E-state index is 5.88. The Labute approximate surface area is 135 Å². The summed E-state index contributed by atoms with van der Waals surface area (Å²) in [6, 6.07) is 8.38. The van der Waals surface area contributed by atoms with Gasteiger partial charge >= 0.3 is 0 Å². The molecule has 0 radical (unpaired) electrons. The van der Waals surface area contributed by atoms with Gasteiger partial charge in [0.1, 0.15) is 5.82 Å². The highest BCUT2D eigenvalue weighted by atomic mass is 16.5. The first-order valence-corrected chi connectivity index (χ1v) is 8.13. The average Bonchev–Trinajstić information content (AvgIpc) is 2.98. The largest absolute Gasteiger partial charge is 0.356 e. The molecule has 0 saturated carbocycles. The van der Waals surface area contributed by atoms with Crippen molar-refractivity contribution in [3.8, 4) is 11.3 Å². The number of nitrogens with zero attached hydrogens (tertiary/aromatic N) is 4. The van der Waals surface area contributed by atoms with Crippen LogP contribution in [0.3, 0.4) is 0 Å². The third kappa shape index (κ3) is 2.61. The predicted molar refractivity (Wildman–Crippen MR) is 89.1 cm³/mol. The molecule has 23 heavy (non-hydrogen) atoms. The van der Waals surface area contributed by atoms with Crippen molar-refractivity contribution in [3.63, 3.8) is 0 Å². The number of benzene rings is 1. The highest BCUT2D eigenvalue weighted by Crippen LogP contribution is 2.30. The van der Waals surface area contributed by atoms with Crippen LogP contribution in [0.15, 0.2) is 30.5 Å². The zero-order chi connectivity index (χ0) is 15.8. The van der Waals surface area contributed by atoms with Crippen LogP contribution in [0.5, 0.6) is 0 Å². The summed E-state index contributed by atoms with van der Waals surface area (Å²) in [5.41, 5.74) is 4.12. The summed E-state index contributed by atoms with van der Waals surface area (Å²) in [5.74, 6) is 0.756. The van der Waals surface area contributed by atoms with Gasteiger partial charge in [0.2, 0.25) is 0 Å². The molecule has 1 aliphatic heterocycles. The molecule has 1 saturated heterocycles. The van der Waals surface area contributed by atoms with Crippen molar-refractivity contribution in [2.24, 2.45) is 0 Å². The SMILES string of the molecule is Cc1cccc(-c2nc(C)nc3c2cnn3C2CCCCO2)c1. The summed E-state index contributed by atoms with van der Waals surface area (Å²) in [7, 11) is 0. The van der Waals surface area contributed by atoms with Crippen molar-refractivity contribution >= 4 is 11.0 Å². The van der Waals surface area contributed by atoms with Crippen molar-refractivity contribution in [1.29, 1.82) is 0 Å². The van der Waals surface area contributed by atoms with E-state index in [2.05, 4.69) is 46.3 Å². The number of hydrogen-bond acceptors (Lipinski definition) is 4. The number of rotatable bonds is 2. The number of fused-ring (bicyclic) bond motifs is 1. The van der Waals surface area contributed by atoms with Crippen molar-refractivity contribution in [1.82, 2.24) is 19.7 Å². The smallest absolute Gasteiger partial charge is 0.164 e. The van der Waals surface area contributed by atoms with E-state index in [1.807, 2.05) is 17.8 Å². The summed E-state index contributed by atoms with van der Waals surface area (Å²) in [5, 5.41) is 5.54. The lowest BCUT2D eigenvalue weighted by Crippen LogP contribution is -2.19. The zero-order valence-corrected chi connectivity index (χ0v) is 13.5. The number of aromatic nitrogens is 4. The lowest BCUT2D eigenvalue weighted by Gasteiger charge is -2.23. The summed E-state index contributed by atoms with van der Waals surface area (Å²) in [4.78, 5) is 9.29. The molecule has 1 aromatic carbocycles. The van der Waals surface area contributed by atoms with Crippen molar-refractivity contribution in [2.75, 3.05) is 6.61 Å². The molecule has 3 aromatic rings. The van der Waals surface area contributed by atoms with E-state index in [4.69, 9.17) is 4.74 Å². The van der Waals surface area contributed by atoms with E-state index in [-0.39, 0.29) is 6.23 Å². The van der Waals surface area contributed by atoms with Gasteiger partial charge in [0.25, 0.3) is 0 Å². The third-order valence-corrected chi connectivity index (χ3v) is 4.29. The number of hydrogen-bond donors (Lipinski definition) is 0. The van der Waals surface area contributed by atoms with Gasteiger partial charge in [-0.15, -0.1) is 0 Å². The Morgan fingerprint density at radius 3 is 2.87 bits per heavy atom.